The summed E-state index contributed by atoms with van der Waals surface area (Å²) in [6.07, 6.45) is 1.37. The molecule has 0 heterocycles. The van der Waals surface area contributed by atoms with E-state index in [4.69, 9.17) is 20.4 Å². The number of nitrogens with zero attached hydrogens (tertiary/aromatic N) is 2. The molecule has 1 aliphatic carbocycles. The van der Waals surface area contributed by atoms with Gasteiger partial charge in [0.05, 0.1) is 26.2 Å². The smallest absolute Gasteiger partial charge is 0.317 e. The molecular weight excluding hydrogens is 324 g/mol. The lowest BCUT2D eigenvalue weighted by Gasteiger charge is -2.40. The van der Waals surface area contributed by atoms with Crippen LogP contribution in [-0.4, -0.2) is 93.4 Å². The van der Waals surface area contributed by atoms with Crippen molar-refractivity contribution < 1.29 is 39.6 Å². The van der Waals surface area contributed by atoms with Gasteiger partial charge in [-0.05, 0) is 24.7 Å². The zero-order valence-electron chi connectivity index (χ0n) is 13.1. The van der Waals surface area contributed by atoms with E-state index >= 15 is 0 Å². The molecule has 0 unspecified atom stereocenters. The Morgan fingerprint density at radius 1 is 0.625 bits per heavy atom. The van der Waals surface area contributed by atoms with Crippen LogP contribution < -0.4 is 0 Å². The Bertz CT molecular complexity index is 415. The van der Waals surface area contributed by atoms with Gasteiger partial charge in [-0.3, -0.25) is 29.0 Å². The standard InChI is InChI=1S/C14H22N2O8/c17-11(18)5-15(6-12(19)20)3-9-1-10(2-9)4-16(7-13(21)22)8-14(23)24/h9-10H,1-8H2,(H,17,18)(H,19,20)(H,21,22)(H,23,24). The van der Waals surface area contributed by atoms with Crippen molar-refractivity contribution in [3.63, 3.8) is 0 Å². The summed E-state index contributed by atoms with van der Waals surface area (Å²) in [6, 6.07) is 0. The molecule has 1 aliphatic rings. The summed E-state index contributed by atoms with van der Waals surface area (Å²) in [5.74, 6) is -4.12. The van der Waals surface area contributed by atoms with Crippen molar-refractivity contribution in [3.05, 3.63) is 0 Å². The molecule has 0 aromatic heterocycles. The molecule has 1 saturated carbocycles. The van der Waals surface area contributed by atoms with Gasteiger partial charge in [0.1, 0.15) is 0 Å². The van der Waals surface area contributed by atoms with Crippen LogP contribution in [0, 0.1) is 11.8 Å². The van der Waals surface area contributed by atoms with Crippen LogP contribution in [0.15, 0.2) is 0 Å². The molecule has 1 fully saturated rings. The Labute approximate surface area is 138 Å². The van der Waals surface area contributed by atoms with Crippen LogP contribution in [0.4, 0.5) is 0 Å². The predicted molar refractivity (Wildman–Crippen MR) is 79.6 cm³/mol. The first kappa shape index (κ1) is 19.8. The van der Waals surface area contributed by atoms with Gasteiger partial charge in [0.2, 0.25) is 0 Å². The van der Waals surface area contributed by atoms with E-state index in [0.29, 0.717) is 25.9 Å². The number of rotatable bonds is 12. The topological polar surface area (TPSA) is 156 Å². The highest BCUT2D eigenvalue weighted by atomic mass is 16.4. The SMILES string of the molecule is O=C(O)CN(CC(=O)O)CC1CC(CN(CC(=O)O)CC(=O)O)C1. The Morgan fingerprint density at radius 2 is 0.875 bits per heavy atom. The normalized spacial score (nSPS) is 19.9. The zero-order chi connectivity index (χ0) is 18.3. The van der Waals surface area contributed by atoms with Gasteiger partial charge in [-0.15, -0.1) is 0 Å². The number of carboxylic acids is 4. The molecule has 24 heavy (non-hydrogen) atoms. The number of carbonyl (C=O) groups is 4. The second-order valence-corrected chi connectivity index (χ2v) is 6.12. The number of hydrogen-bond donors (Lipinski definition) is 4. The first-order valence-electron chi connectivity index (χ1n) is 7.47. The van der Waals surface area contributed by atoms with Gasteiger partial charge in [-0.1, -0.05) is 0 Å². The van der Waals surface area contributed by atoms with Crippen LogP contribution in [0.25, 0.3) is 0 Å². The monoisotopic (exact) mass is 346 g/mol. The molecule has 1 rings (SSSR count). The highest BCUT2D eigenvalue weighted by Gasteiger charge is 2.33. The first-order chi connectivity index (χ1) is 11.2. The fourth-order valence-electron chi connectivity index (χ4n) is 3.04. The van der Waals surface area contributed by atoms with E-state index in [-0.39, 0.29) is 38.0 Å². The second-order valence-electron chi connectivity index (χ2n) is 6.12. The highest BCUT2D eigenvalue weighted by molar-refractivity contribution is 5.73. The van der Waals surface area contributed by atoms with Crippen molar-refractivity contribution in [1.82, 2.24) is 9.80 Å². The number of hydrogen-bond acceptors (Lipinski definition) is 6. The molecule has 0 spiro atoms. The summed E-state index contributed by atoms with van der Waals surface area (Å²) >= 11 is 0. The van der Waals surface area contributed by atoms with Crippen LogP contribution in [0.5, 0.6) is 0 Å². The Morgan fingerprint density at radius 3 is 1.08 bits per heavy atom. The summed E-state index contributed by atoms with van der Waals surface area (Å²) < 4.78 is 0. The maximum Gasteiger partial charge on any atom is 0.317 e. The summed E-state index contributed by atoms with van der Waals surface area (Å²) in [6.45, 7) is -0.718. The summed E-state index contributed by atoms with van der Waals surface area (Å²) in [7, 11) is 0. The minimum atomic E-state index is -1.10. The van der Waals surface area contributed by atoms with Gasteiger partial charge in [0, 0.05) is 13.1 Å². The minimum absolute atomic E-state index is 0.130. The van der Waals surface area contributed by atoms with Crippen molar-refractivity contribution >= 4 is 23.9 Å². The van der Waals surface area contributed by atoms with Gasteiger partial charge in [-0.25, -0.2) is 0 Å². The lowest BCUT2D eigenvalue weighted by molar-refractivity contribution is -0.143. The summed E-state index contributed by atoms with van der Waals surface area (Å²) in [4.78, 5) is 45.7. The third kappa shape index (κ3) is 7.88. The Kier molecular flexibility index (Phi) is 7.59. The lowest BCUT2D eigenvalue weighted by atomic mass is 9.74. The van der Waals surface area contributed by atoms with Gasteiger partial charge in [0.25, 0.3) is 0 Å². The zero-order valence-corrected chi connectivity index (χ0v) is 13.1. The van der Waals surface area contributed by atoms with Crippen molar-refractivity contribution in [2.75, 3.05) is 39.3 Å². The van der Waals surface area contributed by atoms with Crippen LogP contribution in [-0.2, 0) is 19.2 Å². The van der Waals surface area contributed by atoms with Gasteiger partial charge < -0.3 is 20.4 Å². The van der Waals surface area contributed by atoms with Crippen LogP contribution in [0.3, 0.4) is 0 Å². The summed E-state index contributed by atoms with van der Waals surface area (Å²) in [5.41, 5.74) is 0. The van der Waals surface area contributed by atoms with Crippen molar-refractivity contribution in [2.45, 2.75) is 12.8 Å². The van der Waals surface area contributed by atoms with Gasteiger partial charge >= 0.3 is 23.9 Å². The summed E-state index contributed by atoms with van der Waals surface area (Å²) in [5, 5.41) is 35.1. The van der Waals surface area contributed by atoms with E-state index in [1.165, 1.54) is 9.80 Å². The van der Waals surface area contributed by atoms with E-state index < -0.39 is 23.9 Å². The molecule has 136 valence electrons. The Hall–Kier alpha value is -2.20. The Balaban J connectivity index is 2.42. The largest absolute Gasteiger partial charge is 0.480 e. The maximum atomic E-state index is 10.7. The van der Waals surface area contributed by atoms with Crippen molar-refractivity contribution in [3.8, 4) is 0 Å². The number of carboxylic acid groups (broad SMARTS) is 4. The number of aliphatic carboxylic acids is 4. The quantitative estimate of drug-likeness (QED) is 0.344. The maximum absolute atomic E-state index is 10.7. The van der Waals surface area contributed by atoms with E-state index in [2.05, 4.69) is 0 Å². The van der Waals surface area contributed by atoms with Gasteiger partial charge in [0.15, 0.2) is 0 Å². The molecule has 0 radical (unpaired) electrons. The molecule has 0 saturated heterocycles. The molecule has 0 aliphatic heterocycles. The lowest BCUT2D eigenvalue weighted by Crippen LogP contribution is -2.45. The molecule has 0 aromatic carbocycles. The van der Waals surface area contributed by atoms with Crippen molar-refractivity contribution in [1.29, 1.82) is 0 Å². The molecule has 4 N–H and O–H groups in total. The van der Waals surface area contributed by atoms with E-state index in [0.717, 1.165) is 0 Å². The fraction of sp³-hybridized carbons (Fsp3) is 0.714. The fourth-order valence-corrected chi connectivity index (χ4v) is 3.04. The predicted octanol–water partition coefficient (Wildman–Crippen LogP) is -1.04. The van der Waals surface area contributed by atoms with Crippen molar-refractivity contribution in [2.24, 2.45) is 11.8 Å². The average molecular weight is 346 g/mol. The molecular formula is C14H22N2O8. The van der Waals surface area contributed by atoms with E-state index in [1.807, 2.05) is 0 Å². The molecule has 0 bridgehead atoms. The van der Waals surface area contributed by atoms with Crippen LogP contribution >= 0.6 is 0 Å². The van der Waals surface area contributed by atoms with Gasteiger partial charge in [-0.2, -0.15) is 0 Å². The third-order valence-corrected chi connectivity index (χ3v) is 3.80. The molecule has 0 aromatic rings. The van der Waals surface area contributed by atoms with Crippen LogP contribution in [0.2, 0.25) is 0 Å². The highest BCUT2D eigenvalue weighted by Crippen LogP contribution is 2.34. The molecule has 0 atom stereocenters. The van der Waals surface area contributed by atoms with E-state index in [9.17, 15) is 19.2 Å². The molecule has 10 heteroatoms. The third-order valence-electron chi connectivity index (χ3n) is 3.80. The van der Waals surface area contributed by atoms with Crippen LogP contribution in [0.1, 0.15) is 12.8 Å². The first-order valence-corrected chi connectivity index (χ1v) is 7.47. The molecule has 10 nitrogen and oxygen atoms in total. The average Bonchev–Trinajstić information content (AvgIpc) is 2.32. The minimum Gasteiger partial charge on any atom is -0.480 e. The molecule has 0 amide bonds. The van der Waals surface area contributed by atoms with E-state index in [1.54, 1.807) is 0 Å². The second kappa shape index (κ2) is 9.18.